The standard InChI is InChI=1S/C18H17N5O/c1-23(15-10-6-3-7-11-15)17-13-12-16(21-22-17)20-18(24)19-14-8-4-2-5-9-14/h2-13H,1H3,(H2,19,20,21,24). The second-order valence-electron chi connectivity index (χ2n) is 5.12. The molecule has 0 aliphatic rings. The Kier molecular flexibility index (Phi) is 4.67. The van der Waals surface area contributed by atoms with Gasteiger partial charge in [0.05, 0.1) is 0 Å². The zero-order valence-corrected chi connectivity index (χ0v) is 13.2. The number of rotatable bonds is 4. The summed E-state index contributed by atoms with van der Waals surface area (Å²) in [5.74, 6) is 1.07. The quantitative estimate of drug-likeness (QED) is 0.765. The largest absolute Gasteiger partial charge is 0.328 e. The van der Waals surface area contributed by atoms with Gasteiger partial charge in [-0.2, -0.15) is 0 Å². The Balaban J connectivity index is 1.63. The maximum Gasteiger partial charge on any atom is 0.324 e. The van der Waals surface area contributed by atoms with E-state index in [1.54, 1.807) is 12.1 Å². The van der Waals surface area contributed by atoms with Crippen LogP contribution in [0, 0.1) is 0 Å². The summed E-state index contributed by atoms with van der Waals surface area (Å²) in [5, 5.41) is 13.6. The third-order valence-electron chi connectivity index (χ3n) is 3.41. The van der Waals surface area contributed by atoms with Crippen molar-refractivity contribution in [2.24, 2.45) is 0 Å². The number of anilines is 4. The maximum atomic E-state index is 11.9. The van der Waals surface area contributed by atoms with Crippen molar-refractivity contribution in [1.82, 2.24) is 10.2 Å². The maximum absolute atomic E-state index is 11.9. The van der Waals surface area contributed by atoms with Crippen molar-refractivity contribution in [3.05, 3.63) is 72.8 Å². The molecule has 1 heterocycles. The van der Waals surface area contributed by atoms with Crippen LogP contribution >= 0.6 is 0 Å². The molecular formula is C18H17N5O. The number of aromatic nitrogens is 2. The van der Waals surface area contributed by atoms with Gasteiger partial charge in [-0.25, -0.2) is 4.79 Å². The fourth-order valence-electron chi connectivity index (χ4n) is 2.15. The van der Waals surface area contributed by atoms with Crippen molar-refractivity contribution in [3.63, 3.8) is 0 Å². The Hall–Kier alpha value is -3.41. The summed E-state index contributed by atoms with van der Waals surface area (Å²) < 4.78 is 0. The van der Waals surface area contributed by atoms with E-state index in [-0.39, 0.29) is 6.03 Å². The van der Waals surface area contributed by atoms with E-state index in [0.717, 1.165) is 5.69 Å². The molecule has 120 valence electrons. The van der Waals surface area contributed by atoms with Crippen molar-refractivity contribution in [1.29, 1.82) is 0 Å². The first-order chi connectivity index (χ1) is 11.7. The van der Waals surface area contributed by atoms with Gasteiger partial charge in [-0.15, -0.1) is 10.2 Å². The van der Waals surface area contributed by atoms with Crippen LogP contribution in [0.15, 0.2) is 72.8 Å². The van der Waals surface area contributed by atoms with Crippen LogP contribution in [0.5, 0.6) is 0 Å². The molecule has 0 saturated heterocycles. The summed E-state index contributed by atoms with van der Waals surface area (Å²) >= 11 is 0. The highest BCUT2D eigenvalue weighted by Crippen LogP contribution is 2.20. The highest BCUT2D eigenvalue weighted by molar-refractivity contribution is 5.99. The number of hydrogen-bond acceptors (Lipinski definition) is 4. The summed E-state index contributed by atoms with van der Waals surface area (Å²) in [6, 6.07) is 22.2. The highest BCUT2D eigenvalue weighted by Gasteiger charge is 2.07. The molecule has 0 saturated carbocycles. The third kappa shape index (κ3) is 3.86. The summed E-state index contributed by atoms with van der Waals surface area (Å²) in [4.78, 5) is 13.8. The van der Waals surface area contributed by atoms with Gasteiger partial charge in [-0.1, -0.05) is 36.4 Å². The minimum Gasteiger partial charge on any atom is -0.328 e. The second-order valence-corrected chi connectivity index (χ2v) is 5.12. The molecule has 3 rings (SSSR count). The van der Waals surface area contributed by atoms with E-state index in [1.807, 2.05) is 72.6 Å². The highest BCUT2D eigenvalue weighted by atomic mass is 16.2. The molecule has 0 unspecified atom stereocenters. The van der Waals surface area contributed by atoms with Crippen molar-refractivity contribution in [2.45, 2.75) is 0 Å². The molecule has 6 heteroatoms. The van der Waals surface area contributed by atoms with Crippen LogP contribution in [0.1, 0.15) is 0 Å². The fourth-order valence-corrected chi connectivity index (χ4v) is 2.15. The van der Waals surface area contributed by atoms with Gasteiger partial charge in [-0.05, 0) is 36.4 Å². The Morgan fingerprint density at radius 3 is 2.12 bits per heavy atom. The summed E-state index contributed by atoms with van der Waals surface area (Å²) in [6.07, 6.45) is 0. The number of urea groups is 1. The van der Waals surface area contributed by atoms with Crippen LogP contribution in [0.2, 0.25) is 0 Å². The average Bonchev–Trinajstić information content (AvgIpc) is 2.63. The Morgan fingerprint density at radius 1 is 0.833 bits per heavy atom. The minimum atomic E-state index is -0.361. The summed E-state index contributed by atoms with van der Waals surface area (Å²) in [6.45, 7) is 0. The first-order valence-corrected chi connectivity index (χ1v) is 7.48. The molecule has 0 atom stereocenters. The van der Waals surface area contributed by atoms with Crippen molar-refractivity contribution < 1.29 is 4.79 Å². The molecule has 2 N–H and O–H groups in total. The predicted octanol–water partition coefficient (Wildman–Crippen LogP) is 3.89. The number of carbonyl (C=O) groups is 1. The lowest BCUT2D eigenvalue weighted by atomic mass is 10.3. The average molecular weight is 319 g/mol. The summed E-state index contributed by atoms with van der Waals surface area (Å²) in [7, 11) is 1.91. The first-order valence-electron chi connectivity index (χ1n) is 7.48. The normalized spacial score (nSPS) is 10.0. The van der Waals surface area contributed by atoms with E-state index in [1.165, 1.54) is 0 Å². The predicted molar refractivity (Wildman–Crippen MR) is 95.6 cm³/mol. The van der Waals surface area contributed by atoms with Crippen LogP contribution in [-0.2, 0) is 0 Å². The Morgan fingerprint density at radius 2 is 1.50 bits per heavy atom. The van der Waals surface area contributed by atoms with Gasteiger partial charge < -0.3 is 10.2 Å². The van der Waals surface area contributed by atoms with Crippen LogP contribution < -0.4 is 15.5 Å². The van der Waals surface area contributed by atoms with Crippen molar-refractivity contribution >= 4 is 29.0 Å². The number of hydrogen-bond donors (Lipinski definition) is 2. The molecule has 2 amide bonds. The van der Waals surface area contributed by atoms with Gasteiger partial charge in [-0.3, -0.25) is 5.32 Å². The lowest BCUT2D eigenvalue weighted by Crippen LogP contribution is -2.20. The zero-order valence-electron chi connectivity index (χ0n) is 13.2. The third-order valence-corrected chi connectivity index (χ3v) is 3.41. The molecule has 0 aliphatic carbocycles. The topological polar surface area (TPSA) is 70.2 Å². The van der Waals surface area contributed by atoms with Gasteiger partial charge in [0.2, 0.25) is 0 Å². The van der Waals surface area contributed by atoms with Gasteiger partial charge in [0.25, 0.3) is 0 Å². The molecular weight excluding hydrogens is 302 g/mol. The minimum absolute atomic E-state index is 0.361. The van der Waals surface area contributed by atoms with E-state index in [2.05, 4.69) is 20.8 Å². The van der Waals surface area contributed by atoms with Crippen LogP contribution in [-0.4, -0.2) is 23.3 Å². The fraction of sp³-hybridized carbons (Fsp3) is 0.0556. The molecule has 6 nitrogen and oxygen atoms in total. The van der Waals surface area contributed by atoms with Gasteiger partial charge in [0, 0.05) is 18.4 Å². The molecule has 2 aromatic carbocycles. The van der Waals surface area contributed by atoms with E-state index in [9.17, 15) is 4.79 Å². The Bertz CT molecular complexity index is 791. The molecule has 0 fully saturated rings. The lowest BCUT2D eigenvalue weighted by Gasteiger charge is -2.17. The number of carbonyl (C=O) groups excluding carboxylic acids is 1. The Labute approximate surface area is 140 Å². The number of amides is 2. The van der Waals surface area contributed by atoms with E-state index in [0.29, 0.717) is 17.3 Å². The first kappa shape index (κ1) is 15.5. The number of nitrogens with zero attached hydrogens (tertiary/aromatic N) is 3. The monoisotopic (exact) mass is 319 g/mol. The molecule has 0 aliphatic heterocycles. The summed E-state index contributed by atoms with van der Waals surface area (Å²) in [5.41, 5.74) is 1.72. The zero-order chi connectivity index (χ0) is 16.8. The van der Waals surface area contributed by atoms with Gasteiger partial charge in [0.1, 0.15) is 0 Å². The molecule has 0 spiro atoms. The van der Waals surface area contributed by atoms with Crippen molar-refractivity contribution in [2.75, 3.05) is 22.6 Å². The SMILES string of the molecule is CN(c1ccccc1)c1ccc(NC(=O)Nc2ccccc2)nn1. The van der Waals surface area contributed by atoms with Gasteiger partial charge >= 0.3 is 6.03 Å². The molecule has 24 heavy (non-hydrogen) atoms. The van der Waals surface area contributed by atoms with Crippen LogP contribution in [0.25, 0.3) is 0 Å². The van der Waals surface area contributed by atoms with Crippen LogP contribution in [0.4, 0.5) is 27.8 Å². The number of benzene rings is 2. The lowest BCUT2D eigenvalue weighted by molar-refractivity contribution is 0.262. The molecule has 3 aromatic rings. The van der Waals surface area contributed by atoms with E-state index < -0.39 is 0 Å². The number of para-hydroxylation sites is 2. The molecule has 1 aromatic heterocycles. The van der Waals surface area contributed by atoms with Crippen LogP contribution in [0.3, 0.4) is 0 Å². The smallest absolute Gasteiger partial charge is 0.324 e. The van der Waals surface area contributed by atoms with E-state index in [4.69, 9.17) is 0 Å². The van der Waals surface area contributed by atoms with E-state index >= 15 is 0 Å². The molecule has 0 bridgehead atoms. The van der Waals surface area contributed by atoms with Crippen molar-refractivity contribution in [3.8, 4) is 0 Å². The number of nitrogens with one attached hydrogen (secondary N) is 2. The second kappa shape index (κ2) is 7.23. The van der Waals surface area contributed by atoms with Gasteiger partial charge in [0.15, 0.2) is 11.6 Å². The molecule has 0 radical (unpaired) electrons.